The van der Waals surface area contributed by atoms with E-state index in [9.17, 15) is 0 Å². The van der Waals surface area contributed by atoms with Gasteiger partial charge in [0.15, 0.2) is 0 Å². The van der Waals surface area contributed by atoms with Crippen molar-refractivity contribution in [3.63, 3.8) is 0 Å². The fourth-order valence-corrected chi connectivity index (χ4v) is 5.86. The van der Waals surface area contributed by atoms with Crippen LogP contribution in [0.3, 0.4) is 0 Å². The Kier molecular flexibility index (Phi) is 3.22. The van der Waals surface area contributed by atoms with Gasteiger partial charge in [0.2, 0.25) is 0 Å². The lowest BCUT2D eigenvalue weighted by molar-refractivity contribution is -0.0552. The fourth-order valence-electron chi connectivity index (χ4n) is 5.67. The molecule has 0 spiro atoms. The summed E-state index contributed by atoms with van der Waals surface area (Å²) in [6, 6.07) is 8.11. The van der Waals surface area contributed by atoms with E-state index in [1.807, 2.05) is 18.2 Å². The summed E-state index contributed by atoms with van der Waals surface area (Å²) in [7, 11) is 0. The number of anilines is 1. The van der Waals surface area contributed by atoms with Crippen LogP contribution in [0, 0.1) is 23.2 Å². The number of hydrogen-bond donors (Lipinski definition) is 1. The van der Waals surface area contributed by atoms with E-state index < -0.39 is 0 Å². The van der Waals surface area contributed by atoms with Gasteiger partial charge in [0.05, 0.1) is 0 Å². The molecule has 4 bridgehead atoms. The molecule has 2 heteroatoms. The molecule has 108 valence electrons. The summed E-state index contributed by atoms with van der Waals surface area (Å²) in [5, 5.41) is 4.40. The molecule has 0 unspecified atom stereocenters. The molecule has 0 atom stereocenters. The highest BCUT2D eigenvalue weighted by molar-refractivity contribution is 6.30. The monoisotopic (exact) mass is 289 g/mol. The van der Waals surface area contributed by atoms with Crippen LogP contribution in [0.4, 0.5) is 5.69 Å². The van der Waals surface area contributed by atoms with Gasteiger partial charge in [-0.3, -0.25) is 0 Å². The van der Waals surface area contributed by atoms with Crippen molar-refractivity contribution in [1.29, 1.82) is 0 Å². The highest BCUT2D eigenvalue weighted by atomic mass is 35.5. The van der Waals surface area contributed by atoms with E-state index in [2.05, 4.69) is 11.4 Å². The fraction of sp³-hybridized carbons (Fsp3) is 0.667. The van der Waals surface area contributed by atoms with E-state index in [0.717, 1.165) is 29.3 Å². The molecular formula is C18H24ClN. The van der Waals surface area contributed by atoms with Crippen LogP contribution in [-0.4, -0.2) is 6.54 Å². The second-order valence-corrected chi connectivity index (χ2v) is 8.04. The highest BCUT2D eigenvalue weighted by Crippen LogP contribution is 2.61. The number of benzene rings is 1. The Morgan fingerprint density at radius 3 is 2.30 bits per heavy atom. The topological polar surface area (TPSA) is 12.0 Å². The molecule has 1 aromatic rings. The van der Waals surface area contributed by atoms with Crippen LogP contribution < -0.4 is 5.32 Å². The maximum Gasteiger partial charge on any atom is 0.0426 e. The van der Waals surface area contributed by atoms with Gasteiger partial charge in [-0.05, 0) is 86.3 Å². The number of rotatable bonds is 4. The summed E-state index contributed by atoms with van der Waals surface area (Å²) < 4.78 is 0. The molecule has 5 rings (SSSR count). The molecule has 4 saturated carbocycles. The van der Waals surface area contributed by atoms with Crippen LogP contribution in [0.1, 0.15) is 44.9 Å². The molecule has 1 N–H and O–H groups in total. The van der Waals surface area contributed by atoms with Gasteiger partial charge in [-0.15, -0.1) is 0 Å². The lowest BCUT2D eigenvalue weighted by Crippen LogP contribution is -2.46. The van der Waals surface area contributed by atoms with Gasteiger partial charge in [-0.1, -0.05) is 17.7 Å². The molecule has 0 radical (unpaired) electrons. The second kappa shape index (κ2) is 4.94. The number of nitrogens with one attached hydrogen (secondary N) is 1. The summed E-state index contributed by atoms with van der Waals surface area (Å²) in [5.41, 5.74) is 1.85. The maximum atomic E-state index is 6.04. The number of halogens is 1. The van der Waals surface area contributed by atoms with E-state index in [1.54, 1.807) is 19.3 Å². The van der Waals surface area contributed by atoms with Crippen molar-refractivity contribution in [2.45, 2.75) is 44.9 Å². The lowest BCUT2D eigenvalue weighted by atomic mass is 9.49. The van der Waals surface area contributed by atoms with E-state index in [4.69, 9.17) is 11.6 Å². The lowest BCUT2D eigenvalue weighted by Gasteiger charge is -2.57. The summed E-state index contributed by atoms with van der Waals surface area (Å²) >= 11 is 6.04. The predicted molar refractivity (Wildman–Crippen MR) is 85.2 cm³/mol. The first-order valence-electron chi connectivity index (χ1n) is 8.20. The highest BCUT2D eigenvalue weighted by Gasteiger charge is 2.50. The zero-order valence-corrected chi connectivity index (χ0v) is 12.8. The Balaban J connectivity index is 1.37. The van der Waals surface area contributed by atoms with Crippen LogP contribution in [0.2, 0.25) is 5.02 Å². The number of hydrogen-bond acceptors (Lipinski definition) is 1. The van der Waals surface area contributed by atoms with Crippen molar-refractivity contribution in [3.05, 3.63) is 29.3 Å². The van der Waals surface area contributed by atoms with Gasteiger partial charge < -0.3 is 5.32 Å². The van der Waals surface area contributed by atoms with Crippen LogP contribution in [-0.2, 0) is 0 Å². The van der Waals surface area contributed by atoms with Crippen molar-refractivity contribution in [1.82, 2.24) is 0 Å². The van der Waals surface area contributed by atoms with Crippen molar-refractivity contribution in [2.24, 2.45) is 23.2 Å². The Morgan fingerprint density at radius 2 is 1.70 bits per heavy atom. The Labute approximate surface area is 127 Å². The SMILES string of the molecule is Clc1cccc(NCCC23CC4CC(CC(C4)C2)C3)c1. The standard InChI is InChI=1S/C18H24ClN/c19-16-2-1-3-17(9-16)20-5-4-18-10-13-6-14(11-18)8-15(7-13)12-18/h1-3,9,13-15,20H,4-8,10-12H2. The summed E-state index contributed by atoms with van der Waals surface area (Å²) in [5.74, 6) is 3.19. The molecule has 4 aliphatic rings. The molecule has 0 aliphatic heterocycles. The molecule has 0 saturated heterocycles. The Hall–Kier alpha value is -0.690. The van der Waals surface area contributed by atoms with Gasteiger partial charge in [-0.2, -0.15) is 0 Å². The van der Waals surface area contributed by atoms with Crippen LogP contribution in [0.25, 0.3) is 0 Å². The first-order chi connectivity index (χ1) is 9.71. The molecule has 4 fully saturated rings. The van der Waals surface area contributed by atoms with Gasteiger partial charge in [0.1, 0.15) is 0 Å². The smallest absolute Gasteiger partial charge is 0.0426 e. The molecule has 20 heavy (non-hydrogen) atoms. The van der Waals surface area contributed by atoms with E-state index in [0.29, 0.717) is 5.41 Å². The minimum absolute atomic E-state index is 0.681. The quantitative estimate of drug-likeness (QED) is 0.787. The van der Waals surface area contributed by atoms with E-state index in [1.165, 1.54) is 31.4 Å². The third-order valence-corrected chi connectivity index (χ3v) is 6.21. The average Bonchev–Trinajstić information content (AvgIpc) is 2.36. The van der Waals surface area contributed by atoms with Gasteiger partial charge >= 0.3 is 0 Å². The second-order valence-electron chi connectivity index (χ2n) is 7.60. The Bertz CT molecular complexity index is 461. The largest absolute Gasteiger partial charge is 0.385 e. The van der Waals surface area contributed by atoms with Crippen molar-refractivity contribution in [2.75, 3.05) is 11.9 Å². The molecule has 4 aliphatic carbocycles. The first-order valence-corrected chi connectivity index (χ1v) is 8.58. The van der Waals surface area contributed by atoms with Gasteiger partial charge in [0, 0.05) is 17.3 Å². The van der Waals surface area contributed by atoms with E-state index >= 15 is 0 Å². The van der Waals surface area contributed by atoms with Crippen LogP contribution in [0.15, 0.2) is 24.3 Å². The minimum atomic E-state index is 0.681. The third kappa shape index (κ3) is 2.45. The summed E-state index contributed by atoms with van der Waals surface area (Å²) in [6.45, 7) is 1.10. The molecule has 0 heterocycles. The molecule has 0 amide bonds. The predicted octanol–water partition coefficient (Wildman–Crippen LogP) is 5.36. The molecule has 1 nitrogen and oxygen atoms in total. The molecule has 1 aromatic carbocycles. The van der Waals surface area contributed by atoms with Crippen molar-refractivity contribution < 1.29 is 0 Å². The summed E-state index contributed by atoms with van der Waals surface area (Å²) in [6.07, 6.45) is 10.5. The van der Waals surface area contributed by atoms with E-state index in [-0.39, 0.29) is 0 Å². The van der Waals surface area contributed by atoms with Crippen molar-refractivity contribution >= 4 is 17.3 Å². The first kappa shape index (κ1) is 13.0. The summed E-state index contributed by atoms with van der Waals surface area (Å²) in [4.78, 5) is 0. The van der Waals surface area contributed by atoms with Crippen molar-refractivity contribution in [3.8, 4) is 0 Å². The maximum absolute atomic E-state index is 6.04. The van der Waals surface area contributed by atoms with Gasteiger partial charge in [-0.25, -0.2) is 0 Å². The minimum Gasteiger partial charge on any atom is -0.385 e. The van der Waals surface area contributed by atoms with Gasteiger partial charge in [0.25, 0.3) is 0 Å². The zero-order chi connectivity index (χ0) is 13.6. The Morgan fingerprint density at radius 1 is 1.05 bits per heavy atom. The van der Waals surface area contributed by atoms with Crippen LogP contribution in [0.5, 0.6) is 0 Å². The average molecular weight is 290 g/mol. The van der Waals surface area contributed by atoms with Crippen LogP contribution >= 0.6 is 11.6 Å². The molecule has 0 aromatic heterocycles. The normalized spacial score (nSPS) is 38.1. The molecular weight excluding hydrogens is 266 g/mol. The third-order valence-electron chi connectivity index (χ3n) is 5.97. The zero-order valence-electron chi connectivity index (χ0n) is 12.1.